The van der Waals surface area contributed by atoms with Gasteiger partial charge in [-0.15, -0.1) is 0 Å². The van der Waals surface area contributed by atoms with E-state index in [0.29, 0.717) is 29.7 Å². The molecule has 27 heavy (non-hydrogen) atoms. The van der Waals surface area contributed by atoms with Crippen LogP contribution in [-0.2, 0) is 0 Å². The van der Waals surface area contributed by atoms with E-state index >= 15 is 0 Å². The number of hydrogen-bond acceptors (Lipinski definition) is 5. The summed E-state index contributed by atoms with van der Waals surface area (Å²) in [5.41, 5.74) is 1.94. The van der Waals surface area contributed by atoms with Crippen LogP contribution in [-0.4, -0.2) is 42.5 Å². The molecule has 144 valence electrons. The number of piperidine rings is 1. The van der Waals surface area contributed by atoms with Crippen molar-refractivity contribution in [2.24, 2.45) is 0 Å². The summed E-state index contributed by atoms with van der Waals surface area (Å²) in [6.07, 6.45) is 8.46. The van der Waals surface area contributed by atoms with E-state index in [1.807, 2.05) is 24.5 Å². The number of hydrogen-bond donors (Lipinski definition) is 0. The fraction of sp³-hybridized carbons (Fsp3) is 0.455. The lowest BCUT2D eigenvalue weighted by Crippen LogP contribution is -2.34. The lowest BCUT2D eigenvalue weighted by Gasteiger charge is -2.35. The Labute approximate surface area is 161 Å². The minimum absolute atomic E-state index is 0.0198. The minimum Gasteiger partial charge on any atom is -0.493 e. The van der Waals surface area contributed by atoms with Crippen molar-refractivity contribution in [3.63, 3.8) is 0 Å². The number of carbonyl (C=O) groups excluding carboxylic acids is 1. The van der Waals surface area contributed by atoms with E-state index in [0.717, 1.165) is 19.5 Å². The maximum absolute atomic E-state index is 11.5. The molecule has 2 aromatic rings. The fourth-order valence-electron chi connectivity index (χ4n) is 3.66. The van der Waals surface area contributed by atoms with Gasteiger partial charge in [-0.3, -0.25) is 14.7 Å². The van der Waals surface area contributed by atoms with Crippen LogP contribution < -0.4 is 9.47 Å². The molecule has 0 bridgehead atoms. The van der Waals surface area contributed by atoms with E-state index in [2.05, 4.69) is 16.0 Å². The summed E-state index contributed by atoms with van der Waals surface area (Å²) in [5.74, 6) is 1.31. The van der Waals surface area contributed by atoms with Crippen molar-refractivity contribution in [2.45, 2.75) is 38.6 Å². The van der Waals surface area contributed by atoms with Crippen molar-refractivity contribution < 1.29 is 14.3 Å². The van der Waals surface area contributed by atoms with Crippen LogP contribution in [0.25, 0.3) is 0 Å². The van der Waals surface area contributed by atoms with Crippen molar-refractivity contribution in [3.8, 4) is 11.5 Å². The van der Waals surface area contributed by atoms with Gasteiger partial charge in [-0.1, -0.05) is 12.5 Å². The number of ketones is 1. The normalized spacial score (nSPS) is 17.5. The van der Waals surface area contributed by atoms with Crippen molar-refractivity contribution in [1.29, 1.82) is 0 Å². The van der Waals surface area contributed by atoms with E-state index < -0.39 is 0 Å². The molecule has 0 aliphatic carbocycles. The first-order chi connectivity index (χ1) is 13.2. The van der Waals surface area contributed by atoms with Crippen molar-refractivity contribution in [2.75, 3.05) is 26.8 Å². The zero-order valence-electron chi connectivity index (χ0n) is 16.2. The number of aromatic nitrogens is 1. The van der Waals surface area contributed by atoms with Gasteiger partial charge in [-0.05, 0) is 62.6 Å². The third-order valence-corrected chi connectivity index (χ3v) is 5.10. The lowest BCUT2D eigenvalue weighted by molar-refractivity contribution is 0.101. The molecule has 3 rings (SSSR count). The third kappa shape index (κ3) is 5.07. The first-order valence-electron chi connectivity index (χ1n) is 9.65. The second-order valence-corrected chi connectivity index (χ2v) is 6.96. The van der Waals surface area contributed by atoms with Crippen molar-refractivity contribution >= 4 is 5.78 Å². The smallest absolute Gasteiger partial charge is 0.161 e. The second kappa shape index (κ2) is 9.51. The molecule has 1 aliphatic heterocycles. The maximum Gasteiger partial charge on any atom is 0.161 e. The molecule has 0 amide bonds. The monoisotopic (exact) mass is 368 g/mol. The van der Waals surface area contributed by atoms with Gasteiger partial charge in [0.1, 0.15) is 0 Å². The highest BCUT2D eigenvalue weighted by molar-refractivity contribution is 5.94. The topological polar surface area (TPSA) is 51.7 Å². The Bertz CT molecular complexity index is 748. The molecule has 0 saturated carbocycles. The number of likely N-dealkylation sites (tertiary alicyclic amines) is 1. The lowest BCUT2D eigenvalue weighted by atomic mass is 9.96. The molecule has 1 saturated heterocycles. The largest absolute Gasteiger partial charge is 0.493 e. The Morgan fingerprint density at radius 2 is 2.15 bits per heavy atom. The van der Waals surface area contributed by atoms with E-state index in [-0.39, 0.29) is 5.78 Å². The van der Waals surface area contributed by atoms with E-state index in [4.69, 9.17) is 9.47 Å². The molecule has 1 aliphatic rings. The van der Waals surface area contributed by atoms with Gasteiger partial charge in [0.05, 0.1) is 13.7 Å². The summed E-state index contributed by atoms with van der Waals surface area (Å²) in [6.45, 7) is 4.28. The molecule has 2 heterocycles. The van der Waals surface area contributed by atoms with Crippen molar-refractivity contribution in [1.82, 2.24) is 9.88 Å². The molecule has 0 radical (unpaired) electrons. The number of benzene rings is 1. The quantitative estimate of drug-likeness (QED) is 0.514. The molecule has 1 aromatic heterocycles. The zero-order chi connectivity index (χ0) is 19.1. The van der Waals surface area contributed by atoms with Crippen LogP contribution in [0.1, 0.15) is 54.6 Å². The van der Waals surface area contributed by atoms with Gasteiger partial charge in [0, 0.05) is 30.5 Å². The number of pyridine rings is 1. The highest BCUT2D eigenvalue weighted by Gasteiger charge is 2.23. The van der Waals surface area contributed by atoms with Crippen LogP contribution >= 0.6 is 0 Å². The van der Waals surface area contributed by atoms with Gasteiger partial charge in [0.2, 0.25) is 0 Å². The summed E-state index contributed by atoms with van der Waals surface area (Å²) in [4.78, 5) is 18.3. The van der Waals surface area contributed by atoms with Crippen LogP contribution in [0.15, 0.2) is 42.7 Å². The van der Waals surface area contributed by atoms with Gasteiger partial charge in [-0.25, -0.2) is 0 Å². The Kier molecular flexibility index (Phi) is 6.82. The highest BCUT2D eigenvalue weighted by Crippen LogP contribution is 2.31. The molecule has 0 N–H and O–H groups in total. The van der Waals surface area contributed by atoms with Crippen LogP contribution in [0.2, 0.25) is 0 Å². The Morgan fingerprint density at radius 3 is 2.89 bits per heavy atom. The molecule has 5 nitrogen and oxygen atoms in total. The molecule has 0 spiro atoms. The SMILES string of the molecule is COc1cc(C(C)=O)ccc1OCCCN1CCCCC1c1cccnc1. The summed E-state index contributed by atoms with van der Waals surface area (Å²) in [6, 6.07) is 9.98. The molecule has 5 heteroatoms. The summed E-state index contributed by atoms with van der Waals surface area (Å²) >= 11 is 0. The molecule has 1 atom stereocenters. The molecule has 1 unspecified atom stereocenters. The summed E-state index contributed by atoms with van der Waals surface area (Å²) in [5, 5.41) is 0. The van der Waals surface area contributed by atoms with Gasteiger partial charge in [0.25, 0.3) is 0 Å². The number of nitrogens with zero attached hydrogens (tertiary/aromatic N) is 2. The fourth-order valence-corrected chi connectivity index (χ4v) is 3.66. The van der Waals surface area contributed by atoms with Gasteiger partial charge < -0.3 is 9.47 Å². The molecule has 1 fully saturated rings. The third-order valence-electron chi connectivity index (χ3n) is 5.10. The van der Waals surface area contributed by atoms with Gasteiger partial charge >= 0.3 is 0 Å². The first-order valence-corrected chi connectivity index (χ1v) is 9.65. The number of ether oxygens (including phenoxy) is 2. The van der Waals surface area contributed by atoms with Crippen LogP contribution in [0.5, 0.6) is 11.5 Å². The van der Waals surface area contributed by atoms with Gasteiger partial charge in [0.15, 0.2) is 17.3 Å². The first kappa shape index (κ1) is 19.4. The van der Waals surface area contributed by atoms with E-state index in [1.165, 1.54) is 24.8 Å². The zero-order valence-corrected chi connectivity index (χ0v) is 16.2. The van der Waals surface area contributed by atoms with E-state index in [1.54, 1.807) is 26.2 Å². The maximum atomic E-state index is 11.5. The number of rotatable bonds is 8. The predicted molar refractivity (Wildman–Crippen MR) is 106 cm³/mol. The number of methoxy groups -OCH3 is 1. The van der Waals surface area contributed by atoms with E-state index in [9.17, 15) is 4.79 Å². The molecular formula is C22H28N2O3. The standard InChI is InChI=1S/C22H28N2O3/c1-17(25)18-9-10-21(22(15-18)26-2)27-14-6-13-24-12-4-3-8-20(24)19-7-5-11-23-16-19/h5,7,9-11,15-16,20H,3-4,6,8,12-14H2,1-2H3. The van der Waals surface area contributed by atoms with Crippen LogP contribution in [0.4, 0.5) is 0 Å². The van der Waals surface area contributed by atoms with Crippen LogP contribution in [0.3, 0.4) is 0 Å². The highest BCUT2D eigenvalue weighted by atomic mass is 16.5. The number of Topliss-reactive ketones (excluding diaryl/α,β-unsaturated/α-hetero) is 1. The van der Waals surface area contributed by atoms with Gasteiger partial charge in [-0.2, -0.15) is 0 Å². The Balaban J connectivity index is 1.54. The number of carbonyl (C=O) groups is 1. The van der Waals surface area contributed by atoms with Crippen LogP contribution in [0, 0.1) is 0 Å². The summed E-state index contributed by atoms with van der Waals surface area (Å²) in [7, 11) is 1.60. The Morgan fingerprint density at radius 1 is 1.26 bits per heavy atom. The molecule has 1 aromatic carbocycles. The van der Waals surface area contributed by atoms with Crippen molar-refractivity contribution in [3.05, 3.63) is 53.9 Å². The second-order valence-electron chi connectivity index (χ2n) is 6.96. The average Bonchev–Trinajstić information content (AvgIpc) is 2.72. The predicted octanol–water partition coefficient (Wildman–Crippen LogP) is 4.29. The minimum atomic E-state index is 0.0198. The Hall–Kier alpha value is -2.40. The molecular weight excluding hydrogens is 340 g/mol. The summed E-state index contributed by atoms with van der Waals surface area (Å²) < 4.78 is 11.3. The average molecular weight is 368 g/mol.